The zero-order valence-corrected chi connectivity index (χ0v) is 18.9. The van der Waals surface area contributed by atoms with Crippen LogP contribution in [0.2, 0.25) is 0 Å². The van der Waals surface area contributed by atoms with Crippen molar-refractivity contribution in [1.82, 2.24) is 4.98 Å². The number of halogens is 1. The van der Waals surface area contributed by atoms with Crippen LogP contribution in [-0.2, 0) is 0 Å². The van der Waals surface area contributed by atoms with Crippen LogP contribution in [0.15, 0.2) is 70.0 Å². The molecule has 0 spiro atoms. The van der Waals surface area contributed by atoms with E-state index in [9.17, 15) is 14.0 Å². The predicted molar refractivity (Wildman–Crippen MR) is 127 cm³/mol. The highest BCUT2D eigenvalue weighted by Gasteiger charge is 2.44. The van der Waals surface area contributed by atoms with Crippen LogP contribution in [0.5, 0.6) is 5.75 Å². The minimum absolute atomic E-state index is 0.0604. The van der Waals surface area contributed by atoms with Crippen molar-refractivity contribution < 1.29 is 18.3 Å². The standard InChI is InChI=1S/C27H23FN2O4/c1-3-4-12-33-19-7-5-6-17(14-19)24-23-25(31)20-15-18(28)8-9-21(20)34-26(23)27(32)30(24)22-13-16(2)10-11-29-22/h5-11,13-15,24H,3-4,12H2,1-2H3/t24-/m1/s1. The van der Waals surface area contributed by atoms with Gasteiger partial charge in [0.25, 0.3) is 5.91 Å². The Balaban J connectivity index is 1.72. The van der Waals surface area contributed by atoms with Crippen LogP contribution in [0.25, 0.3) is 11.0 Å². The molecule has 3 heterocycles. The van der Waals surface area contributed by atoms with Gasteiger partial charge in [-0.3, -0.25) is 14.5 Å². The summed E-state index contributed by atoms with van der Waals surface area (Å²) < 4.78 is 25.7. The Hall–Kier alpha value is -4.00. The minimum atomic E-state index is -0.796. The topological polar surface area (TPSA) is 72.6 Å². The highest BCUT2D eigenvalue weighted by atomic mass is 19.1. The number of ether oxygens (including phenoxy) is 1. The first-order valence-corrected chi connectivity index (χ1v) is 11.2. The molecular weight excluding hydrogens is 435 g/mol. The van der Waals surface area contributed by atoms with Gasteiger partial charge in [-0.2, -0.15) is 0 Å². The molecule has 5 rings (SSSR count). The summed E-state index contributed by atoms with van der Waals surface area (Å²) in [5.41, 5.74) is 1.47. The Morgan fingerprint density at radius 1 is 1.12 bits per heavy atom. The van der Waals surface area contributed by atoms with Crippen LogP contribution in [-0.4, -0.2) is 17.5 Å². The molecule has 34 heavy (non-hydrogen) atoms. The molecule has 1 aliphatic heterocycles. The van der Waals surface area contributed by atoms with Crippen molar-refractivity contribution in [3.8, 4) is 5.75 Å². The van der Waals surface area contributed by atoms with Gasteiger partial charge in [-0.05, 0) is 66.9 Å². The maximum Gasteiger partial charge on any atom is 0.296 e. The molecule has 1 amide bonds. The summed E-state index contributed by atoms with van der Waals surface area (Å²) in [6.07, 6.45) is 3.53. The number of aryl methyl sites for hydroxylation is 1. The van der Waals surface area contributed by atoms with Gasteiger partial charge in [0.2, 0.25) is 5.76 Å². The van der Waals surface area contributed by atoms with Crippen molar-refractivity contribution in [2.45, 2.75) is 32.7 Å². The van der Waals surface area contributed by atoms with E-state index in [-0.39, 0.29) is 22.3 Å². The fourth-order valence-corrected chi connectivity index (χ4v) is 4.26. The molecule has 4 aromatic rings. The molecule has 7 heteroatoms. The smallest absolute Gasteiger partial charge is 0.296 e. The lowest BCUT2D eigenvalue weighted by Gasteiger charge is -2.24. The summed E-state index contributed by atoms with van der Waals surface area (Å²) >= 11 is 0. The number of hydrogen-bond acceptors (Lipinski definition) is 5. The van der Waals surface area contributed by atoms with E-state index in [1.54, 1.807) is 12.3 Å². The second-order valence-corrected chi connectivity index (χ2v) is 8.36. The summed E-state index contributed by atoms with van der Waals surface area (Å²) in [6.45, 7) is 4.55. The third kappa shape index (κ3) is 3.73. The zero-order valence-electron chi connectivity index (χ0n) is 18.9. The van der Waals surface area contributed by atoms with Crippen LogP contribution in [0.4, 0.5) is 10.2 Å². The number of pyridine rings is 1. The van der Waals surface area contributed by atoms with Crippen LogP contribution in [0.1, 0.15) is 53.1 Å². The van der Waals surface area contributed by atoms with Gasteiger partial charge in [0.05, 0.1) is 23.6 Å². The third-order valence-corrected chi connectivity index (χ3v) is 5.92. The second kappa shape index (κ2) is 8.74. The molecular formula is C27H23FN2O4. The number of anilines is 1. The first-order chi connectivity index (χ1) is 16.5. The number of amides is 1. The van der Waals surface area contributed by atoms with Gasteiger partial charge in [0, 0.05) is 6.20 Å². The first kappa shape index (κ1) is 21.8. The number of rotatable bonds is 6. The van der Waals surface area contributed by atoms with E-state index < -0.39 is 23.2 Å². The largest absolute Gasteiger partial charge is 0.494 e. The van der Waals surface area contributed by atoms with Gasteiger partial charge < -0.3 is 9.15 Å². The molecule has 0 radical (unpaired) electrons. The van der Waals surface area contributed by atoms with E-state index in [0.717, 1.165) is 24.5 Å². The fraction of sp³-hybridized carbons (Fsp3) is 0.222. The molecule has 1 aliphatic rings. The lowest BCUT2D eigenvalue weighted by molar-refractivity contribution is 0.0970. The second-order valence-electron chi connectivity index (χ2n) is 8.36. The quantitative estimate of drug-likeness (QED) is 0.354. The Labute approximate surface area is 195 Å². The summed E-state index contributed by atoms with van der Waals surface area (Å²) in [7, 11) is 0. The van der Waals surface area contributed by atoms with Crippen molar-refractivity contribution >= 4 is 22.7 Å². The number of nitrogens with zero attached hydrogens (tertiary/aromatic N) is 2. The number of fused-ring (bicyclic) bond motifs is 2. The number of carbonyl (C=O) groups excluding carboxylic acids is 1. The zero-order chi connectivity index (χ0) is 23.8. The average molecular weight is 458 g/mol. The van der Waals surface area contributed by atoms with Crippen LogP contribution in [0, 0.1) is 12.7 Å². The van der Waals surface area contributed by atoms with Crippen LogP contribution >= 0.6 is 0 Å². The number of aromatic nitrogens is 1. The van der Waals surface area contributed by atoms with E-state index >= 15 is 0 Å². The normalized spacial score (nSPS) is 15.1. The van der Waals surface area contributed by atoms with E-state index in [2.05, 4.69) is 11.9 Å². The number of unbranched alkanes of at least 4 members (excludes halogenated alkanes) is 1. The van der Waals surface area contributed by atoms with Gasteiger partial charge in [-0.15, -0.1) is 0 Å². The van der Waals surface area contributed by atoms with E-state index in [4.69, 9.17) is 9.15 Å². The molecule has 0 bridgehead atoms. The first-order valence-electron chi connectivity index (χ1n) is 11.2. The maximum atomic E-state index is 14.0. The van der Waals surface area contributed by atoms with Gasteiger partial charge in [-0.1, -0.05) is 25.5 Å². The minimum Gasteiger partial charge on any atom is -0.494 e. The number of hydrogen-bond donors (Lipinski definition) is 0. The molecule has 2 aromatic heterocycles. The highest BCUT2D eigenvalue weighted by Crippen LogP contribution is 2.41. The van der Waals surface area contributed by atoms with Gasteiger partial charge >= 0.3 is 0 Å². The molecule has 0 saturated carbocycles. The molecule has 0 aliphatic carbocycles. The highest BCUT2D eigenvalue weighted by molar-refractivity contribution is 6.10. The van der Waals surface area contributed by atoms with E-state index in [0.29, 0.717) is 23.7 Å². The summed E-state index contributed by atoms with van der Waals surface area (Å²) in [6, 6.07) is 13.8. The molecule has 0 unspecified atom stereocenters. The van der Waals surface area contributed by atoms with Crippen molar-refractivity contribution in [1.29, 1.82) is 0 Å². The van der Waals surface area contributed by atoms with Crippen molar-refractivity contribution in [2.24, 2.45) is 0 Å². The van der Waals surface area contributed by atoms with Crippen molar-refractivity contribution in [3.05, 3.63) is 99.3 Å². The average Bonchev–Trinajstić information content (AvgIpc) is 3.12. The Morgan fingerprint density at radius 3 is 2.76 bits per heavy atom. The maximum absolute atomic E-state index is 14.0. The molecule has 0 N–H and O–H groups in total. The number of carbonyl (C=O) groups is 1. The summed E-state index contributed by atoms with van der Waals surface area (Å²) in [5, 5.41) is 0.0888. The fourth-order valence-electron chi connectivity index (χ4n) is 4.26. The van der Waals surface area contributed by atoms with E-state index in [1.165, 1.54) is 17.0 Å². The van der Waals surface area contributed by atoms with Gasteiger partial charge in [0.1, 0.15) is 23.0 Å². The van der Waals surface area contributed by atoms with Gasteiger partial charge in [0.15, 0.2) is 5.43 Å². The van der Waals surface area contributed by atoms with Crippen LogP contribution < -0.4 is 15.1 Å². The van der Waals surface area contributed by atoms with Crippen LogP contribution in [0.3, 0.4) is 0 Å². The summed E-state index contributed by atoms with van der Waals surface area (Å²) in [4.78, 5) is 33.0. The molecule has 1 atom stereocenters. The van der Waals surface area contributed by atoms with Crippen molar-refractivity contribution in [3.63, 3.8) is 0 Å². The van der Waals surface area contributed by atoms with Gasteiger partial charge in [-0.25, -0.2) is 9.37 Å². The Morgan fingerprint density at radius 2 is 1.97 bits per heavy atom. The Kier molecular flexibility index (Phi) is 5.61. The lowest BCUT2D eigenvalue weighted by Crippen LogP contribution is -2.30. The lowest BCUT2D eigenvalue weighted by atomic mass is 9.98. The molecule has 0 fully saturated rings. The monoisotopic (exact) mass is 458 g/mol. The SMILES string of the molecule is CCCCOc1cccc([C@@H]2c3c(oc4ccc(F)cc4c3=O)C(=O)N2c2cc(C)ccn2)c1. The molecule has 0 saturated heterocycles. The third-order valence-electron chi connectivity index (χ3n) is 5.92. The predicted octanol–water partition coefficient (Wildman–Crippen LogP) is 5.56. The van der Waals surface area contributed by atoms with Crippen molar-refractivity contribution in [2.75, 3.05) is 11.5 Å². The summed E-state index contributed by atoms with van der Waals surface area (Å²) in [5.74, 6) is -0.0498. The van der Waals surface area contributed by atoms with E-state index in [1.807, 2.05) is 37.3 Å². The molecule has 6 nitrogen and oxygen atoms in total. The number of benzene rings is 2. The Bertz CT molecular complexity index is 1460. The molecule has 2 aromatic carbocycles. The molecule has 172 valence electrons.